The molecule has 0 N–H and O–H groups in total. The van der Waals surface area contributed by atoms with E-state index in [-0.39, 0.29) is 10.9 Å². The zero-order chi connectivity index (χ0) is 12.8. The van der Waals surface area contributed by atoms with Crippen LogP contribution >= 0.6 is 10.9 Å². The molecule has 0 aromatic heterocycles. The summed E-state index contributed by atoms with van der Waals surface area (Å²) in [4.78, 5) is 1.44. The van der Waals surface area contributed by atoms with Crippen molar-refractivity contribution in [1.82, 2.24) is 0 Å². The Morgan fingerprint density at radius 1 is 0.944 bits per heavy atom. The van der Waals surface area contributed by atoms with Gasteiger partial charge in [0.25, 0.3) is 0 Å². The number of benzene rings is 2. The van der Waals surface area contributed by atoms with E-state index in [1.54, 1.807) is 0 Å². The maximum absolute atomic E-state index is 5.77. The molecule has 0 heterocycles. The largest absolute Gasteiger partial charge is 0.489 e. The smallest absolute Gasteiger partial charge is 0.119 e. The molecule has 0 amide bonds. The predicted octanol–water partition coefficient (Wildman–Crippen LogP) is 4.28. The summed E-state index contributed by atoms with van der Waals surface area (Å²) in [5, 5.41) is 0. The highest BCUT2D eigenvalue weighted by molar-refractivity contribution is 8.16. The van der Waals surface area contributed by atoms with Crippen molar-refractivity contribution in [3.8, 4) is 5.75 Å². The van der Waals surface area contributed by atoms with Gasteiger partial charge in [-0.2, -0.15) is 0 Å². The number of hydrogen-bond donors (Lipinski definition) is 1. The third-order valence-electron chi connectivity index (χ3n) is 3.00. The van der Waals surface area contributed by atoms with Gasteiger partial charge in [0.05, 0.1) is 0 Å². The highest BCUT2D eigenvalue weighted by atomic mass is 32.2. The van der Waals surface area contributed by atoms with Crippen LogP contribution in [0.2, 0.25) is 0 Å². The van der Waals surface area contributed by atoms with Crippen LogP contribution in [0, 0.1) is 0 Å². The Morgan fingerprint density at radius 2 is 1.61 bits per heavy atom. The predicted molar refractivity (Wildman–Crippen MR) is 80.9 cm³/mol. The Labute approximate surface area is 112 Å². The van der Waals surface area contributed by atoms with Gasteiger partial charge in [-0.25, -0.2) is 10.9 Å². The van der Waals surface area contributed by atoms with Gasteiger partial charge in [-0.15, -0.1) is 0 Å². The van der Waals surface area contributed by atoms with Gasteiger partial charge in [0.1, 0.15) is 12.4 Å². The first kappa shape index (κ1) is 13.0. The maximum atomic E-state index is 5.77. The lowest BCUT2D eigenvalue weighted by atomic mass is 10.2. The molecule has 1 unspecified atom stereocenters. The molecule has 2 rings (SSSR count). The molecule has 0 aliphatic carbocycles. The summed E-state index contributed by atoms with van der Waals surface area (Å²) in [5.41, 5.74) is 1.20. The number of rotatable bonds is 5. The van der Waals surface area contributed by atoms with Gasteiger partial charge < -0.3 is 4.74 Å². The van der Waals surface area contributed by atoms with Crippen LogP contribution in [-0.4, -0.2) is 12.0 Å². The van der Waals surface area contributed by atoms with Crippen LogP contribution in [-0.2, 0) is 6.61 Å². The van der Waals surface area contributed by atoms with Crippen molar-refractivity contribution in [3.63, 3.8) is 0 Å². The van der Waals surface area contributed by atoms with Crippen molar-refractivity contribution in [2.24, 2.45) is 0 Å². The summed E-state index contributed by atoms with van der Waals surface area (Å²) in [5.74, 6) is 2.18. The summed E-state index contributed by atoms with van der Waals surface area (Å²) in [6.07, 6.45) is 2.31. The Bertz CT molecular complexity index is 464. The molecule has 0 saturated carbocycles. The van der Waals surface area contributed by atoms with Gasteiger partial charge in [-0.3, -0.25) is 0 Å². The first-order valence-corrected chi connectivity index (χ1v) is 8.25. The average molecular weight is 260 g/mol. The molecule has 0 aliphatic heterocycles. The number of hydrogen-bond acceptors (Lipinski definition) is 1. The van der Waals surface area contributed by atoms with E-state index in [1.165, 1.54) is 16.2 Å². The fraction of sp³-hybridized carbons (Fsp3) is 0.250. The molecule has 0 bridgehead atoms. The minimum absolute atomic E-state index is 0.00550. The molecule has 2 aromatic rings. The molecule has 0 spiro atoms. The van der Waals surface area contributed by atoms with Crippen LogP contribution in [0.25, 0.3) is 0 Å². The summed E-state index contributed by atoms with van der Waals surface area (Å²) in [6.45, 7) is 2.88. The lowest BCUT2D eigenvalue weighted by Gasteiger charge is -2.14. The van der Waals surface area contributed by atoms with E-state index in [0.29, 0.717) is 6.61 Å². The van der Waals surface area contributed by atoms with Gasteiger partial charge in [0.2, 0.25) is 0 Å². The third-order valence-corrected chi connectivity index (χ3v) is 5.13. The Morgan fingerprint density at radius 3 is 2.22 bits per heavy atom. The molecule has 18 heavy (non-hydrogen) atoms. The van der Waals surface area contributed by atoms with Crippen LogP contribution in [0.5, 0.6) is 5.75 Å². The Hall–Kier alpha value is -1.41. The van der Waals surface area contributed by atoms with Crippen molar-refractivity contribution < 1.29 is 4.74 Å². The first-order chi connectivity index (χ1) is 8.79. The topological polar surface area (TPSA) is 9.23 Å². The molecule has 1 nitrogen and oxygen atoms in total. The number of thiol groups is 1. The highest BCUT2D eigenvalue weighted by Gasteiger charge is 1.99. The normalized spacial score (nSPS) is 13.1. The molecular formula is C16H20OS. The lowest BCUT2D eigenvalue weighted by Crippen LogP contribution is -1.95. The standard InChI is InChI=1S/C16H20OS/c1-3-18(2)16-11-9-15(10-12-16)17-13-14-7-5-4-6-8-14/h4-12,18H,3,13H2,1-2H3. The van der Waals surface area contributed by atoms with Gasteiger partial charge in [0, 0.05) is 0 Å². The van der Waals surface area contributed by atoms with Gasteiger partial charge >= 0.3 is 0 Å². The van der Waals surface area contributed by atoms with Gasteiger partial charge in [-0.05, 0) is 46.7 Å². The molecule has 0 saturated heterocycles. The summed E-state index contributed by atoms with van der Waals surface area (Å²) < 4.78 is 5.77. The summed E-state index contributed by atoms with van der Waals surface area (Å²) in [7, 11) is 0.00550. The van der Waals surface area contributed by atoms with E-state index in [2.05, 4.69) is 49.6 Å². The second kappa shape index (κ2) is 6.50. The fourth-order valence-electron chi connectivity index (χ4n) is 1.72. The van der Waals surface area contributed by atoms with Gasteiger partial charge in [-0.1, -0.05) is 37.3 Å². The molecule has 0 fully saturated rings. The fourth-order valence-corrected chi connectivity index (χ4v) is 2.74. The molecule has 96 valence electrons. The summed E-state index contributed by atoms with van der Waals surface area (Å²) in [6, 6.07) is 18.8. The SMILES string of the molecule is CC[SH](C)c1ccc(OCc2ccccc2)cc1. The van der Waals surface area contributed by atoms with Crippen LogP contribution in [0.1, 0.15) is 12.5 Å². The van der Waals surface area contributed by atoms with Gasteiger partial charge in [0.15, 0.2) is 0 Å². The van der Waals surface area contributed by atoms with Crippen LogP contribution < -0.4 is 4.74 Å². The molecular weight excluding hydrogens is 240 g/mol. The Kier molecular flexibility index (Phi) is 4.71. The Balaban J connectivity index is 1.94. The highest BCUT2D eigenvalue weighted by Crippen LogP contribution is 2.32. The van der Waals surface area contributed by atoms with E-state index < -0.39 is 0 Å². The van der Waals surface area contributed by atoms with Crippen molar-refractivity contribution >= 4 is 10.9 Å². The van der Waals surface area contributed by atoms with Crippen LogP contribution in [0.3, 0.4) is 0 Å². The minimum atomic E-state index is 0.00550. The van der Waals surface area contributed by atoms with Crippen LogP contribution in [0.15, 0.2) is 59.5 Å². The van der Waals surface area contributed by atoms with E-state index in [9.17, 15) is 0 Å². The molecule has 1 atom stereocenters. The quantitative estimate of drug-likeness (QED) is 0.790. The van der Waals surface area contributed by atoms with E-state index >= 15 is 0 Å². The summed E-state index contributed by atoms with van der Waals surface area (Å²) >= 11 is 0. The number of ether oxygens (including phenoxy) is 1. The van der Waals surface area contributed by atoms with Crippen molar-refractivity contribution in [1.29, 1.82) is 0 Å². The second-order valence-electron chi connectivity index (χ2n) is 4.28. The second-order valence-corrected chi connectivity index (χ2v) is 6.83. The van der Waals surface area contributed by atoms with Crippen LogP contribution in [0.4, 0.5) is 0 Å². The molecule has 2 heteroatoms. The minimum Gasteiger partial charge on any atom is -0.489 e. The van der Waals surface area contributed by atoms with E-state index in [0.717, 1.165) is 5.75 Å². The van der Waals surface area contributed by atoms with Crippen molar-refractivity contribution in [2.45, 2.75) is 18.4 Å². The zero-order valence-electron chi connectivity index (χ0n) is 11.0. The molecule has 0 aliphatic rings. The molecule has 2 aromatic carbocycles. The van der Waals surface area contributed by atoms with Crippen molar-refractivity contribution in [3.05, 3.63) is 60.2 Å². The monoisotopic (exact) mass is 260 g/mol. The maximum Gasteiger partial charge on any atom is 0.119 e. The van der Waals surface area contributed by atoms with Crippen molar-refractivity contribution in [2.75, 3.05) is 12.0 Å². The average Bonchev–Trinajstić information content (AvgIpc) is 2.46. The third kappa shape index (κ3) is 3.54. The van der Waals surface area contributed by atoms with E-state index in [4.69, 9.17) is 4.74 Å². The van der Waals surface area contributed by atoms with E-state index in [1.807, 2.05) is 18.2 Å². The first-order valence-electron chi connectivity index (χ1n) is 6.27. The lowest BCUT2D eigenvalue weighted by molar-refractivity contribution is 0.306. The molecule has 0 radical (unpaired) electrons. The zero-order valence-corrected chi connectivity index (χ0v) is 11.9.